The zero-order valence-corrected chi connectivity index (χ0v) is 22.5. The SMILES string of the molecule is C=C[C@@H](OCc1ccccc1)[C@H](OCc1ccccc1)[C@@H](COCc1ccccc1)NC(=O)OC(C)(C)C. The zero-order valence-electron chi connectivity index (χ0n) is 22.5. The summed E-state index contributed by atoms with van der Waals surface area (Å²) in [4.78, 5) is 12.9. The van der Waals surface area contributed by atoms with Gasteiger partial charge in [0, 0.05) is 0 Å². The maximum Gasteiger partial charge on any atom is 0.408 e. The number of carbonyl (C=O) groups excluding carboxylic acids is 1. The second-order valence-corrected chi connectivity index (χ2v) is 10.0. The van der Waals surface area contributed by atoms with Crippen molar-refractivity contribution in [1.29, 1.82) is 0 Å². The van der Waals surface area contributed by atoms with Crippen LogP contribution in [0.15, 0.2) is 104 Å². The molecule has 6 heteroatoms. The molecule has 3 atom stereocenters. The van der Waals surface area contributed by atoms with E-state index in [1.807, 2.05) is 112 Å². The Bertz CT molecular complexity index is 1080. The van der Waals surface area contributed by atoms with Gasteiger partial charge in [0.1, 0.15) is 17.8 Å². The first-order chi connectivity index (χ1) is 18.3. The molecule has 0 aliphatic heterocycles. The average molecular weight is 518 g/mol. The van der Waals surface area contributed by atoms with Crippen LogP contribution in [0, 0.1) is 0 Å². The van der Waals surface area contributed by atoms with Crippen molar-refractivity contribution in [3.63, 3.8) is 0 Å². The summed E-state index contributed by atoms with van der Waals surface area (Å²) in [5.41, 5.74) is 2.41. The molecular weight excluding hydrogens is 478 g/mol. The predicted molar refractivity (Wildman–Crippen MR) is 149 cm³/mol. The van der Waals surface area contributed by atoms with E-state index in [4.69, 9.17) is 18.9 Å². The molecule has 3 rings (SSSR count). The van der Waals surface area contributed by atoms with Gasteiger partial charge in [0.15, 0.2) is 0 Å². The maximum atomic E-state index is 12.9. The molecule has 0 aromatic heterocycles. The van der Waals surface area contributed by atoms with Crippen molar-refractivity contribution in [3.8, 4) is 0 Å². The number of benzene rings is 3. The third-order valence-corrected chi connectivity index (χ3v) is 5.63. The fourth-order valence-electron chi connectivity index (χ4n) is 3.83. The highest BCUT2D eigenvalue weighted by molar-refractivity contribution is 5.68. The van der Waals surface area contributed by atoms with E-state index >= 15 is 0 Å². The summed E-state index contributed by atoms with van der Waals surface area (Å²) in [6, 6.07) is 29.1. The van der Waals surface area contributed by atoms with Gasteiger partial charge in [-0.2, -0.15) is 0 Å². The standard InChI is InChI=1S/C32H39NO5/c1-5-29(36-22-26-17-11-7-12-18-26)30(37-23-27-19-13-8-14-20-27)28(33-31(34)38-32(2,3)4)24-35-21-25-15-9-6-10-16-25/h5-20,28-30H,1,21-24H2,2-4H3,(H,33,34)/t28-,29-,30-/m1/s1. The second kappa shape index (κ2) is 15.1. The van der Waals surface area contributed by atoms with Crippen LogP contribution in [0.3, 0.4) is 0 Å². The molecule has 0 fully saturated rings. The quantitative estimate of drug-likeness (QED) is 0.249. The van der Waals surface area contributed by atoms with Crippen LogP contribution in [-0.2, 0) is 38.8 Å². The minimum atomic E-state index is -0.651. The number of ether oxygens (including phenoxy) is 4. The molecule has 3 aromatic rings. The van der Waals surface area contributed by atoms with Crippen LogP contribution in [0.25, 0.3) is 0 Å². The molecule has 3 aromatic carbocycles. The molecule has 0 saturated carbocycles. The van der Waals surface area contributed by atoms with E-state index in [2.05, 4.69) is 11.9 Å². The molecule has 6 nitrogen and oxygen atoms in total. The van der Waals surface area contributed by atoms with Gasteiger partial charge in [-0.1, -0.05) is 97.1 Å². The molecule has 0 saturated heterocycles. The number of rotatable bonds is 14. The van der Waals surface area contributed by atoms with Gasteiger partial charge in [-0.15, -0.1) is 6.58 Å². The second-order valence-electron chi connectivity index (χ2n) is 10.0. The monoisotopic (exact) mass is 517 g/mol. The number of carbonyl (C=O) groups is 1. The predicted octanol–water partition coefficient (Wildman–Crippen LogP) is 6.45. The highest BCUT2D eigenvalue weighted by Gasteiger charge is 2.33. The zero-order chi connectivity index (χ0) is 27.2. The lowest BCUT2D eigenvalue weighted by Crippen LogP contribution is -2.53. The number of amides is 1. The smallest absolute Gasteiger partial charge is 0.408 e. The van der Waals surface area contributed by atoms with Gasteiger partial charge >= 0.3 is 6.09 Å². The van der Waals surface area contributed by atoms with Crippen LogP contribution in [0.2, 0.25) is 0 Å². The molecule has 1 amide bonds. The molecule has 0 aliphatic carbocycles. The minimum absolute atomic E-state index is 0.187. The van der Waals surface area contributed by atoms with Crippen molar-refractivity contribution >= 4 is 6.09 Å². The Hall–Kier alpha value is -3.45. The van der Waals surface area contributed by atoms with E-state index in [1.54, 1.807) is 6.08 Å². The van der Waals surface area contributed by atoms with E-state index in [1.165, 1.54) is 0 Å². The Morgan fingerprint density at radius 3 is 1.74 bits per heavy atom. The Morgan fingerprint density at radius 2 is 1.26 bits per heavy atom. The van der Waals surface area contributed by atoms with Crippen molar-refractivity contribution < 1.29 is 23.7 Å². The first kappa shape index (κ1) is 29.1. The average Bonchev–Trinajstić information content (AvgIpc) is 2.91. The van der Waals surface area contributed by atoms with Crippen LogP contribution in [0.4, 0.5) is 4.79 Å². The van der Waals surface area contributed by atoms with Crippen LogP contribution in [0.5, 0.6) is 0 Å². The molecule has 1 N–H and O–H groups in total. The van der Waals surface area contributed by atoms with Crippen molar-refractivity contribution in [2.24, 2.45) is 0 Å². The third-order valence-electron chi connectivity index (χ3n) is 5.63. The third kappa shape index (κ3) is 10.5. The normalized spacial score (nSPS) is 13.8. The summed E-state index contributed by atoms with van der Waals surface area (Å²) in [6.07, 6.45) is 0.0309. The van der Waals surface area contributed by atoms with Crippen LogP contribution in [0.1, 0.15) is 37.5 Å². The summed E-state index contributed by atoms with van der Waals surface area (Å²) in [5, 5.41) is 2.97. The highest BCUT2D eigenvalue weighted by Crippen LogP contribution is 2.18. The van der Waals surface area contributed by atoms with E-state index in [0.717, 1.165) is 16.7 Å². The molecule has 0 heterocycles. The fraction of sp³-hybridized carbons (Fsp3) is 0.344. The van der Waals surface area contributed by atoms with E-state index in [0.29, 0.717) is 19.8 Å². The topological polar surface area (TPSA) is 66.0 Å². The Morgan fingerprint density at radius 1 is 0.789 bits per heavy atom. The van der Waals surface area contributed by atoms with Gasteiger partial charge in [0.05, 0.1) is 32.5 Å². The largest absolute Gasteiger partial charge is 0.444 e. The van der Waals surface area contributed by atoms with Gasteiger partial charge in [0.25, 0.3) is 0 Å². The first-order valence-corrected chi connectivity index (χ1v) is 12.9. The fourth-order valence-corrected chi connectivity index (χ4v) is 3.83. The summed E-state index contributed by atoms with van der Waals surface area (Å²) < 4.78 is 24.3. The molecule has 202 valence electrons. The lowest BCUT2D eigenvalue weighted by atomic mass is 10.0. The summed E-state index contributed by atoms with van der Waals surface area (Å²) in [5.74, 6) is 0. The Labute approximate surface area is 226 Å². The lowest BCUT2D eigenvalue weighted by molar-refractivity contribution is -0.0925. The number of hydrogen-bond acceptors (Lipinski definition) is 5. The van der Waals surface area contributed by atoms with Gasteiger partial charge in [0.2, 0.25) is 0 Å². The summed E-state index contributed by atoms with van der Waals surface area (Å²) in [7, 11) is 0. The minimum Gasteiger partial charge on any atom is -0.444 e. The van der Waals surface area contributed by atoms with Gasteiger partial charge < -0.3 is 24.3 Å². The molecular formula is C32H39NO5. The number of alkyl carbamates (subject to hydrolysis) is 1. The van der Waals surface area contributed by atoms with Crippen molar-refractivity contribution in [1.82, 2.24) is 5.32 Å². The maximum absolute atomic E-state index is 12.9. The Balaban J connectivity index is 1.81. The van der Waals surface area contributed by atoms with Crippen molar-refractivity contribution in [2.45, 2.75) is 64.4 Å². The van der Waals surface area contributed by atoms with Gasteiger partial charge in [-0.25, -0.2) is 4.79 Å². The van der Waals surface area contributed by atoms with E-state index in [9.17, 15) is 4.79 Å². The van der Waals surface area contributed by atoms with E-state index < -0.39 is 29.9 Å². The summed E-state index contributed by atoms with van der Waals surface area (Å²) >= 11 is 0. The molecule has 0 spiro atoms. The molecule has 0 aliphatic rings. The van der Waals surface area contributed by atoms with E-state index in [-0.39, 0.29) is 6.61 Å². The van der Waals surface area contributed by atoms with Crippen LogP contribution in [-0.4, -0.2) is 36.6 Å². The van der Waals surface area contributed by atoms with Crippen molar-refractivity contribution in [2.75, 3.05) is 6.61 Å². The van der Waals surface area contributed by atoms with Gasteiger partial charge in [-0.05, 0) is 37.5 Å². The van der Waals surface area contributed by atoms with Crippen molar-refractivity contribution in [3.05, 3.63) is 120 Å². The van der Waals surface area contributed by atoms with Crippen LogP contribution < -0.4 is 5.32 Å². The number of nitrogens with one attached hydrogen (secondary N) is 1. The lowest BCUT2D eigenvalue weighted by Gasteiger charge is -2.33. The molecule has 0 unspecified atom stereocenters. The number of hydrogen-bond donors (Lipinski definition) is 1. The molecule has 0 radical (unpaired) electrons. The first-order valence-electron chi connectivity index (χ1n) is 12.9. The Kier molecular flexibility index (Phi) is 11.6. The highest BCUT2D eigenvalue weighted by atomic mass is 16.6. The molecule has 38 heavy (non-hydrogen) atoms. The van der Waals surface area contributed by atoms with Crippen LogP contribution >= 0.6 is 0 Å². The molecule has 0 bridgehead atoms. The summed E-state index contributed by atoms with van der Waals surface area (Å²) in [6.45, 7) is 10.8. The van der Waals surface area contributed by atoms with Gasteiger partial charge in [-0.3, -0.25) is 0 Å².